The van der Waals surface area contributed by atoms with Gasteiger partial charge in [-0.1, -0.05) is 30.3 Å². The lowest BCUT2D eigenvalue weighted by Crippen LogP contribution is -2.27. The standard InChI is InChI=1S/C17H20N2O4S/c1-12(13-7-5-4-6-8-13)19-24(21,22)14-9-10-16(23-3)15(11-14)17(20)18-2/h4-12,19H,1-3H3,(H,18,20). The number of nitrogens with one attached hydrogen (secondary N) is 2. The van der Waals surface area contributed by atoms with Gasteiger partial charge < -0.3 is 10.1 Å². The summed E-state index contributed by atoms with van der Waals surface area (Å²) in [4.78, 5) is 11.9. The van der Waals surface area contributed by atoms with Crippen LogP contribution in [0.15, 0.2) is 53.4 Å². The van der Waals surface area contributed by atoms with E-state index in [1.807, 2.05) is 30.3 Å². The van der Waals surface area contributed by atoms with Gasteiger partial charge in [-0.2, -0.15) is 0 Å². The highest BCUT2D eigenvalue weighted by Crippen LogP contribution is 2.24. The quantitative estimate of drug-likeness (QED) is 0.837. The summed E-state index contributed by atoms with van der Waals surface area (Å²) < 4.78 is 32.9. The summed E-state index contributed by atoms with van der Waals surface area (Å²) in [7, 11) is -0.889. The van der Waals surface area contributed by atoms with Crippen LogP contribution in [0.25, 0.3) is 0 Å². The molecule has 0 aliphatic heterocycles. The summed E-state index contributed by atoms with van der Waals surface area (Å²) in [6, 6.07) is 13.0. The zero-order valence-electron chi connectivity index (χ0n) is 13.7. The van der Waals surface area contributed by atoms with E-state index in [0.29, 0.717) is 5.75 Å². The van der Waals surface area contributed by atoms with Crippen molar-refractivity contribution in [2.24, 2.45) is 0 Å². The van der Waals surface area contributed by atoms with Crippen LogP contribution >= 0.6 is 0 Å². The SMILES string of the molecule is CNC(=O)c1cc(S(=O)(=O)NC(C)c2ccccc2)ccc1OC. The third kappa shape index (κ3) is 3.93. The molecule has 0 bridgehead atoms. The normalized spacial score (nSPS) is 12.5. The lowest BCUT2D eigenvalue weighted by atomic mass is 10.1. The van der Waals surface area contributed by atoms with Gasteiger partial charge in [0.25, 0.3) is 5.91 Å². The molecule has 1 atom stereocenters. The number of hydrogen-bond acceptors (Lipinski definition) is 4. The maximum Gasteiger partial charge on any atom is 0.254 e. The van der Waals surface area contributed by atoms with Crippen LogP contribution in [-0.4, -0.2) is 28.5 Å². The molecule has 0 heterocycles. The second kappa shape index (κ2) is 7.46. The Morgan fingerprint density at radius 2 is 1.79 bits per heavy atom. The first kappa shape index (κ1) is 18.0. The molecule has 0 aliphatic carbocycles. The Balaban J connectivity index is 2.34. The Bertz CT molecular complexity index is 820. The van der Waals surface area contributed by atoms with Crippen molar-refractivity contribution in [2.45, 2.75) is 17.9 Å². The third-order valence-electron chi connectivity index (χ3n) is 3.58. The van der Waals surface area contributed by atoms with Crippen LogP contribution < -0.4 is 14.8 Å². The van der Waals surface area contributed by atoms with E-state index in [1.54, 1.807) is 6.92 Å². The number of ether oxygens (including phenoxy) is 1. The maximum absolute atomic E-state index is 12.6. The Morgan fingerprint density at radius 3 is 2.38 bits per heavy atom. The van der Waals surface area contributed by atoms with Crippen LogP contribution in [0.3, 0.4) is 0 Å². The minimum atomic E-state index is -3.78. The molecule has 2 rings (SSSR count). The zero-order valence-corrected chi connectivity index (χ0v) is 14.6. The van der Waals surface area contributed by atoms with Crippen LogP contribution in [0, 0.1) is 0 Å². The number of hydrogen-bond donors (Lipinski definition) is 2. The van der Waals surface area contributed by atoms with Crippen molar-refractivity contribution in [1.82, 2.24) is 10.0 Å². The van der Waals surface area contributed by atoms with Gasteiger partial charge in [-0.15, -0.1) is 0 Å². The van der Waals surface area contributed by atoms with Crippen molar-refractivity contribution < 1.29 is 17.9 Å². The van der Waals surface area contributed by atoms with E-state index in [1.165, 1.54) is 32.4 Å². The van der Waals surface area contributed by atoms with Gasteiger partial charge in [0.1, 0.15) is 5.75 Å². The van der Waals surface area contributed by atoms with Gasteiger partial charge in [-0.05, 0) is 30.7 Å². The molecule has 2 N–H and O–H groups in total. The molecule has 1 amide bonds. The molecule has 0 spiro atoms. The van der Waals surface area contributed by atoms with Gasteiger partial charge in [0.2, 0.25) is 10.0 Å². The predicted molar refractivity (Wildman–Crippen MR) is 91.6 cm³/mol. The fourth-order valence-corrected chi connectivity index (χ4v) is 3.53. The summed E-state index contributed by atoms with van der Waals surface area (Å²) in [6.45, 7) is 1.76. The minimum absolute atomic E-state index is 0.00433. The average Bonchev–Trinajstić information content (AvgIpc) is 2.60. The second-order valence-electron chi connectivity index (χ2n) is 5.19. The van der Waals surface area contributed by atoms with E-state index >= 15 is 0 Å². The van der Waals surface area contributed by atoms with E-state index in [4.69, 9.17) is 4.74 Å². The first-order chi connectivity index (χ1) is 11.4. The fraction of sp³-hybridized carbons (Fsp3) is 0.235. The first-order valence-electron chi connectivity index (χ1n) is 7.36. The predicted octanol–water partition coefficient (Wildman–Crippen LogP) is 2.09. The Hall–Kier alpha value is -2.38. The monoisotopic (exact) mass is 348 g/mol. The molecule has 128 valence electrons. The number of rotatable bonds is 6. The number of methoxy groups -OCH3 is 1. The lowest BCUT2D eigenvalue weighted by molar-refractivity contribution is 0.0960. The van der Waals surface area contributed by atoms with Gasteiger partial charge in [-0.25, -0.2) is 13.1 Å². The lowest BCUT2D eigenvalue weighted by Gasteiger charge is -2.16. The van der Waals surface area contributed by atoms with Gasteiger partial charge in [-0.3, -0.25) is 4.79 Å². The summed E-state index contributed by atoms with van der Waals surface area (Å²) in [6.07, 6.45) is 0. The van der Waals surface area contributed by atoms with E-state index in [-0.39, 0.29) is 10.5 Å². The molecule has 0 saturated heterocycles. The van der Waals surface area contributed by atoms with Crippen molar-refractivity contribution in [2.75, 3.05) is 14.2 Å². The van der Waals surface area contributed by atoms with Crippen molar-refractivity contribution in [3.8, 4) is 5.75 Å². The van der Waals surface area contributed by atoms with Gasteiger partial charge in [0, 0.05) is 13.1 Å². The highest BCUT2D eigenvalue weighted by Gasteiger charge is 2.21. The number of amides is 1. The third-order valence-corrected chi connectivity index (χ3v) is 5.12. The van der Waals surface area contributed by atoms with E-state index in [9.17, 15) is 13.2 Å². The summed E-state index contributed by atoms with van der Waals surface area (Å²) >= 11 is 0. The van der Waals surface area contributed by atoms with Crippen molar-refractivity contribution in [3.63, 3.8) is 0 Å². The van der Waals surface area contributed by atoms with Crippen LogP contribution in [0.5, 0.6) is 5.75 Å². The number of carbonyl (C=O) groups excluding carboxylic acids is 1. The molecule has 0 aliphatic rings. The topological polar surface area (TPSA) is 84.5 Å². The molecular weight excluding hydrogens is 328 g/mol. The van der Waals surface area contributed by atoms with Gasteiger partial charge >= 0.3 is 0 Å². The van der Waals surface area contributed by atoms with Crippen molar-refractivity contribution >= 4 is 15.9 Å². The Morgan fingerprint density at radius 1 is 1.12 bits per heavy atom. The van der Waals surface area contributed by atoms with E-state index < -0.39 is 22.0 Å². The molecule has 0 fully saturated rings. The van der Waals surface area contributed by atoms with Crippen molar-refractivity contribution in [1.29, 1.82) is 0 Å². The highest BCUT2D eigenvalue weighted by molar-refractivity contribution is 7.89. The summed E-state index contributed by atoms with van der Waals surface area (Å²) in [5, 5.41) is 2.47. The number of benzene rings is 2. The van der Waals surface area contributed by atoms with Crippen LogP contribution in [0.1, 0.15) is 28.9 Å². The van der Waals surface area contributed by atoms with Gasteiger partial charge in [0.05, 0.1) is 17.6 Å². The molecular formula is C17H20N2O4S. The zero-order chi connectivity index (χ0) is 17.7. The molecule has 2 aromatic carbocycles. The van der Waals surface area contributed by atoms with E-state index in [2.05, 4.69) is 10.0 Å². The largest absolute Gasteiger partial charge is 0.496 e. The van der Waals surface area contributed by atoms with Crippen molar-refractivity contribution in [3.05, 3.63) is 59.7 Å². The van der Waals surface area contributed by atoms with E-state index in [0.717, 1.165) is 5.56 Å². The Kier molecular flexibility index (Phi) is 5.58. The van der Waals surface area contributed by atoms with Crippen LogP contribution in [-0.2, 0) is 10.0 Å². The molecule has 0 saturated carbocycles. The molecule has 7 heteroatoms. The molecule has 0 aromatic heterocycles. The highest BCUT2D eigenvalue weighted by atomic mass is 32.2. The molecule has 2 aromatic rings. The summed E-state index contributed by atoms with van der Waals surface area (Å²) in [5.41, 5.74) is 1.01. The van der Waals surface area contributed by atoms with Crippen LogP contribution in [0.2, 0.25) is 0 Å². The molecule has 24 heavy (non-hydrogen) atoms. The fourth-order valence-electron chi connectivity index (χ4n) is 2.28. The smallest absolute Gasteiger partial charge is 0.254 e. The molecule has 0 radical (unpaired) electrons. The maximum atomic E-state index is 12.6. The van der Waals surface area contributed by atoms with Crippen LogP contribution in [0.4, 0.5) is 0 Å². The minimum Gasteiger partial charge on any atom is -0.496 e. The second-order valence-corrected chi connectivity index (χ2v) is 6.91. The summed E-state index contributed by atoms with van der Waals surface area (Å²) in [5.74, 6) is -0.107. The Labute approximate surface area is 141 Å². The number of sulfonamides is 1. The van der Waals surface area contributed by atoms with Gasteiger partial charge in [0.15, 0.2) is 0 Å². The number of carbonyl (C=O) groups is 1. The molecule has 1 unspecified atom stereocenters. The average molecular weight is 348 g/mol. The first-order valence-corrected chi connectivity index (χ1v) is 8.84. The molecule has 6 nitrogen and oxygen atoms in total.